The zero-order valence-corrected chi connectivity index (χ0v) is 12.6. The van der Waals surface area contributed by atoms with E-state index in [0.29, 0.717) is 6.04 Å². The second-order valence-electron chi connectivity index (χ2n) is 6.13. The molecule has 20 heavy (non-hydrogen) atoms. The number of nitrogens with one attached hydrogen (secondary N) is 1. The molecule has 110 valence electrons. The van der Waals surface area contributed by atoms with Gasteiger partial charge in [0.05, 0.1) is 0 Å². The summed E-state index contributed by atoms with van der Waals surface area (Å²) < 4.78 is 0. The number of likely N-dealkylation sites (N-methyl/N-ethyl adjacent to an activating group) is 2. The van der Waals surface area contributed by atoms with Crippen molar-refractivity contribution in [2.75, 3.05) is 45.6 Å². The predicted molar refractivity (Wildman–Crippen MR) is 81.1 cm³/mol. The Morgan fingerprint density at radius 3 is 2.95 bits per heavy atom. The average molecular weight is 275 g/mol. The van der Waals surface area contributed by atoms with E-state index in [1.54, 1.807) is 6.33 Å². The quantitative estimate of drug-likeness (QED) is 0.892. The van der Waals surface area contributed by atoms with Gasteiger partial charge in [-0.3, -0.25) is 4.90 Å². The fourth-order valence-electron chi connectivity index (χ4n) is 3.21. The van der Waals surface area contributed by atoms with Gasteiger partial charge in [-0.25, -0.2) is 9.97 Å². The van der Waals surface area contributed by atoms with Gasteiger partial charge in [0.2, 0.25) is 0 Å². The van der Waals surface area contributed by atoms with E-state index >= 15 is 0 Å². The van der Waals surface area contributed by atoms with E-state index < -0.39 is 0 Å². The highest BCUT2D eigenvalue weighted by molar-refractivity contribution is 5.47. The Hall–Kier alpha value is -1.20. The minimum Gasteiger partial charge on any atom is -0.368 e. The summed E-state index contributed by atoms with van der Waals surface area (Å²) in [5.41, 5.74) is 2.61. The third-order valence-electron chi connectivity index (χ3n) is 4.61. The zero-order valence-electron chi connectivity index (χ0n) is 12.6. The molecule has 1 aliphatic heterocycles. The molecule has 1 unspecified atom stereocenters. The molecule has 0 amide bonds. The fourth-order valence-corrected chi connectivity index (χ4v) is 3.21. The lowest BCUT2D eigenvalue weighted by Crippen LogP contribution is -2.52. The van der Waals surface area contributed by atoms with Gasteiger partial charge < -0.3 is 10.2 Å². The monoisotopic (exact) mass is 275 g/mol. The molecule has 0 radical (unpaired) electrons. The summed E-state index contributed by atoms with van der Waals surface area (Å²) in [6.07, 6.45) is 6.47. The normalized spacial score (nSPS) is 24.4. The summed E-state index contributed by atoms with van der Waals surface area (Å²) in [4.78, 5) is 13.7. The topological polar surface area (TPSA) is 44.3 Å². The first-order valence-electron chi connectivity index (χ1n) is 7.69. The second-order valence-corrected chi connectivity index (χ2v) is 6.13. The van der Waals surface area contributed by atoms with Crippen LogP contribution in [0.4, 0.5) is 5.82 Å². The van der Waals surface area contributed by atoms with Crippen molar-refractivity contribution in [2.24, 2.45) is 0 Å². The molecule has 0 saturated carbocycles. The van der Waals surface area contributed by atoms with Gasteiger partial charge in [-0.1, -0.05) is 0 Å². The van der Waals surface area contributed by atoms with Crippen molar-refractivity contribution < 1.29 is 0 Å². The van der Waals surface area contributed by atoms with Crippen LogP contribution in [0.5, 0.6) is 0 Å². The summed E-state index contributed by atoms with van der Waals surface area (Å²) in [6, 6.07) is 0.558. The van der Waals surface area contributed by atoms with E-state index in [1.165, 1.54) is 24.1 Å². The molecule has 1 N–H and O–H groups in total. The molecule has 2 aliphatic rings. The van der Waals surface area contributed by atoms with Crippen LogP contribution in [0.15, 0.2) is 6.33 Å². The molecular weight excluding hydrogens is 250 g/mol. The van der Waals surface area contributed by atoms with Crippen LogP contribution in [0.25, 0.3) is 0 Å². The number of hydrogen-bond acceptors (Lipinski definition) is 5. The molecule has 1 aromatic heterocycles. The summed E-state index contributed by atoms with van der Waals surface area (Å²) in [7, 11) is 4.42. The highest BCUT2D eigenvalue weighted by Gasteiger charge is 2.23. The molecule has 2 heterocycles. The Morgan fingerprint density at radius 2 is 2.05 bits per heavy atom. The zero-order chi connectivity index (χ0) is 13.9. The number of nitrogens with zero attached hydrogens (tertiary/aromatic N) is 4. The highest BCUT2D eigenvalue weighted by Crippen LogP contribution is 2.24. The van der Waals surface area contributed by atoms with Gasteiger partial charge in [0.25, 0.3) is 0 Å². The van der Waals surface area contributed by atoms with E-state index in [9.17, 15) is 0 Å². The van der Waals surface area contributed by atoms with E-state index in [-0.39, 0.29) is 0 Å². The van der Waals surface area contributed by atoms with E-state index in [1.807, 2.05) is 0 Å². The van der Waals surface area contributed by atoms with Gasteiger partial charge in [-0.05, 0) is 39.8 Å². The SMILES string of the molecule is CN1CCN(C)C(CNc2ncnc3c2CCCC3)C1. The lowest BCUT2D eigenvalue weighted by atomic mass is 9.96. The Balaban J connectivity index is 1.66. The summed E-state index contributed by atoms with van der Waals surface area (Å²) >= 11 is 0. The highest BCUT2D eigenvalue weighted by atomic mass is 15.3. The maximum atomic E-state index is 4.47. The van der Waals surface area contributed by atoms with Gasteiger partial charge in [0.15, 0.2) is 0 Å². The summed E-state index contributed by atoms with van der Waals surface area (Å²) in [5.74, 6) is 1.07. The van der Waals surface area contributed by atoms with Crippen molar-refractivity contribution in [3.63, 3.8) is 0 Å². The van der Waals surface area contributed by atoms with Gasteiger partial charge in [-0.15, -0.1) is 0 Å². The largest absolute Gasteiger partial charge is 0.368 e. The number of rotatable bonds is 3. The first-order valence-corrected chi connectivity index (χ1v) is 7.69. The number of fused-ring (bicyclic) bond motifs is 1. The Morgan fingerprint density at radius 1 is 1.20 bits per heavy atom. The number of aromatic nitrogens is 2. The van der Waals surface area contributed by atoms with Crippen LogP contribution in [-0.2, 0) is 12.8 Å². The number of piperazine rings is 1. The summed E-state index contributed by atoms with van der Waals surface area (Å²) in [5, 5.41) is 3.57. The molecule has 1 saturated heterocycles. The van der Waals surface area contributed by atoms with Crippen LogP contribution in [0, 0.1) is 0 Å². The molecule has 1 fully saturated rings. The van der Waals surface area contributed by atoms with Gasteiger partial charge >= 0.3 is 0 Å². The van der Waals surface area contributed by atoms with Crippen molar-refractivity contribution in [1.29, 1.82) is 0 Å². The molecule has 5 nitrogen and oxygen atoms in total. The predicted octanol–water partition coefficient (Wildman–Crippen LogP) is 1.01. The van der Waals surface area contributed by atoms with Gasteiger partial charge in [0, 0.05) is 43.5 Å². The van der Waals surface area contributed by atoms with Crippen LogP contribution >= 0.6 is 0 Å². The Bertz CT molecular complexity index is 462. The third kappa shape index (κ3) is 2.94. The van der Waals surface area contributed by atoms with E-state index in [4.69, 9.17) is 0 Å². The molecule has 5 heteroatoms. The first kappa shape index (κ1) is 13.8. The van der Waals surface area contributed by atoms with Gasteiger partial charge in [0.1, 0.15) is 12.1 Å². The first-order chi connectivity index (χ1) is 9.74. The third-order valence-corrected chi connectivity index (χ3v) is 4.61. The Kier molecular flexibility index (Phi) is 4.17. The van der Waals surface area contributed by atoms with E-state index in [2.05, 4.69) is 39.2 Å². The van der Waals surface area contributed by atoms with Crippen LogP contribution in [-0.4, -0.2) is 66.1 Å². The molecule has 1 aromatic rings. The second kappa shape index (κ2) is 6.06. The fraction of sp³-hybridized carbons (Fsp3) is 0.733. The minimum absolute atomic E-state index is 0.558. The number of hydrogen-bond donors (Lipinski definition) is 1. The van der Waals surface area contributed by atoms with Crippen molar-refractivity contribution >= 4 is 5.82 Å². The van der Waals surface area contributed by atoms with Crippen molar-refractivity contribution in [3.05, 3.63) is 17.6 Å². The summed E-state index contributed by atoms with van der Waals surface area (Å²) in [6.45, 7) is 4.39. The average Bonchev–Trinajstić information content (AvgIpc) is 2.48. The lowest BCUT2D eigenvalue weighted by Gasteiger charge is -2.38. The maximum Gasteiger partial charge on any atom is 0.132 e. The number of aryl methyl sites for hydroxylation is 1. The van der Waals surface area contributed by atoms with Crippen LogP contribution in [0.3, 0.4) is 0 Å². The molecule has 0 spiro atoms. The lowest BCUT2D eigenvalue weighted by molar-refractivity contribution is 0.122. The van der Waals surface area contributed by atoms with E-state index in [0.717, 1.165) is 44.8 Å². The molecule has 1 aliphatic carbocycles. The van der Waals surface area contributed by atoms with Gasteiger partial charge in [-0.2, -0.15) is 0 Å². The molecule has 0 aromatic carbocycles. The van der Waals surface area contributed by atoms with Crippen molar-refractivity contribution in [3.8, 4) is 0 Å². The van der Waals surface area contributed by atoms with Crippen molar-refractivity contribution in [1.82, 2.24) is 19.8 Å². The molecule has 0 bridgehead atoms. The van der Waals surface area contributed by atoms with Crippen LogP contribution < -0.4 is 5.32 Å². The van der Waals surface area contributed by atoms with Crippen molar-refractivity contribution in [2.45, 2.75) is 31.7 Å². The van der Waals surface area contributed by atoms with Crippen LogP contribution in [0.1, 0.15) is 24.1 Å². The standard InChI is InChI=1S/C15H25N5/c1-19-7-8-20(2)12(10-19)9-16-15-13-5-3-4-6-14(13)17-11-18-15/h11-12H,3-10H2,1-2H3,(H,16,17,18). The maximum absolute atomic E-state index is 4.47. The molecule has 1 atom stereocenters. The molecular formula is C15H25N5. The smallest absolute Gasteiger partial charge is 0.132 e. The number of anilines is 1. The van der Waals surface area contributed by atoms with Crippen LogP contribution in [0.2, 0.25) is 0 Å². The Labute approximate surface area is 121 Å². The minimum atomic E-state index is 0.558. The molecule has 3 rings (SSSR count).